The van der Waals surface area contributed by atoms with E-state index in [1.54, 1.807) is 24.3 Å². The fourth-order valence-electron chi connectivity index (χ4n) is 4.21. The van der Waals surface area contributed by atoms with E-state index in [1.807, 2.05) is 11.0 Å². The average Bonchev–Trinajstić information content (AvgIpc) is 3.42. The van der Waals surface area contributed by atoms with Gasteiger partial charge in [0.25, 0.3) is 5.82 Å². The Labute approximate surface area is 195 Å². The molecule has 0 atom stereocenters. The Balaban J connectivity index is 1.13. The van der Waals surface area contributed by atoms with Crippen LogP contribution < -0.4 is 10.7 Å². The highest BCUT2D eigenvalue weighted by Gasteiger charge is 2.38. The Morgan fingerprint density at radius 1 is 1.11 bits per heavy atom. The number of rotatable bonds is 6. The molecule has 1 aliphatic heterocycles. The molecule has 0 bridgehead atoms. The fraction of sp³-hybridized carbons (Fsp3) is 0.409. The summed E-state index contributed by atoms with van der Waals surface area (Å²) in [7, 11) is 0. The summed E-state index contributed by atoms with van der Waals surface area (Å²) >= 11 is 0. The number of alkyl halides is 3. The van der Waals surface area contributed by atoms with Crippen LogP contribution in [0.2, 0.25) is 0 Å². The van der Waals surface area contributed by atoms with Gasteiger partial charge in [0, 0.05) is 19.6 Å². The van der Waals surface area contributed by atoms with Gasteiger partial charge in [-0.2, -0.15) is 17.7 Å². The Bertz CT molecular complexity index is 1420. The van der Waals surface area contributed by atoms with Gasteiger partial charge in [0.2, 0.25) is 0 Å². The van der Waals surface area contributed by atoms with Gasteiger partial charge < -0.3 is 14.1 Å². The SMILES string of the molecule is O=C(OCCCn1c(=O)oc2ccccc21)C1CCN(c2ccc3nnc(C(F)(F)F)n3n2)CC1. The van der Waals surface area contributed by atoms with E-state index in [2.05, 4.69) is 15.3 Å². The summed E-state index contributed by atoms with van der Waals surface area (Å²) in [4.78, 5) is 26.3. The molecule has 4 aromatic rings. The van der Waals surface area contributed by atoms with Gasteiger partial charge >= 0.3 is 17.9 Å². The molecule has 1 fully saturated rings. The molecule has 0 spiro atoms. The van der Waals surface area contributed by atoms with Gasteiger partial charge in [-0.05, 0) is 43.5 Å². The first-order valence-corrected chi connectivity index (χ1v) is 11.1. The van der Waals surface area contributed by atoms with Crippen molar-refractivity contribution in [3.63, 3.8) is 0 Å². The molecule has 0 unspecified atom stereocenters. The molecule has 3 aromatic heterocycles. The summed E-state index contributed by atoms with van der Waals surface area (Å²) in [6, 6.07) is 10.1. The monoisotopic (exact) mass is 490 g/mol. The second kappa shape index (κ2) is 9.04. The van der Waals surface area contributed by atoms with Gasteiger partial charge in [0.05, 0.1) is 18.0 Å². The molecule has 1 aliphatic rings. The van der Waals surface area contributed by atoms with Crippen LogP contribution in [0.15, 0.2) is 45.6 Å². The Kier molecular flexibility index (Phi) is 5.91. The van der Waals surface area contributed by atoms with Crippen molar-refractivity contribution in [2.24, 2.45) is 5.92 Å². The summed E-state index contributed by atoms with van der Waals surface area (Å²) in [5.74, 6) is -1.92. The summed E-state index contributed by atoms with van der Waals surface area (Å²) < 4.78 is 52.1. The van der Waals surface area contributed by atoms with Crippen LogP contribution >= 0.6 is 0 Å². The lowest BCUT2D eigenvalue weighted by Gasteiger charge is -2.31. The maximum atomic E-state index is 13.1. The van der Waals surface area contributed by atoms with Crippen LogP contribution in [0.4, 0.5) is 19.0 Å². The highest BCUT2D eigenvalue weighted by Crippen LogP contribution is 2.29. The predicted molar refractivity (Wildman–Crippen MR) is 117 cm³/mol. The summed E-state index contributed by atoms with van der Waals surface area (Å²) in [6.07, 6.45) is -3.24. The maximum Gasteiger partial charge on any atom is 0.453 e. The molecule has 0 amide bonds. The number of piperidine rings is 1. The third kappa shape index (κ3) is 4.57. The quantitative estimate of drug-likeness (QED) is 0.300. The van der Waals surface area contributed by atoms with Crippen molar-refractivity contribution in [3.05, 3.63) is 52.8 Å². The molecule has 0 aliphatic carbocycles. The lowest BCUT2D eigenvalue weighted by molar-refractivity contribution is -0.149. The number of hydrogen-bond donors (Lipinski definition) is 0. The first-order valence-electron chi connectivity index (χ1n) is 11.1. The predicted octanol–water partition coefficient (Wildman–Crippen LogP) is 2.90. The van der Waals surface area contributed by atoms with Crippen molar-refractivity contribution in [2.75, 3.05) is 24.6 Å². The molecule has 10 nitrogen and oxygen atoms in total. The summed E-state index contributed by atoms with van der Waals surface area (Å²) in [6.45, 7) is 1.41. The number of anilines is 1. The van der Waals surface area contributed by atoms with E-state index in [0.717, 1.165) is 0 Å². The minimum atomic E-state index is -4.67. The van der Waals surface area contributed by atoms with Crippen LogP contribution in [0.5, 0.6) is 0 Å². The number of hydrogen-bond acceptors (Lipinski definition) is 8. The van der Waals surface area contributed by atoms with Gasteiger partial charge in [-0.1, -0.05) is 12.1 Å². The van der Waals surface area contributed by atoms with Crippen LogP contribution in [0.25, 0.3) is 16.7 Å². The Hall–Kier alpha value is -3.90. The third-order valence-corrected chi connectivity index (χ3v) is 6.00. The number of nitrogens with zero attached hydrogens (tertiary/aromatic N) is 6. The van der Waals surface area contributed by atoms with Gasteiger partial charge in [-0.3, -0.25) is 9.36 Å². The number of aryl methyl sites for hydroxylation is 1. The third-order valence-electron chi connectivity index (χ3n) is 6.00. The number of oxazole rings is 1. The number of carbonyl (C=O) groups excluding carboxylic acids is 1. The van der Waals surface area contributed by atoms with Gasteiger partial charge in [0.1, 0.15) is 5.82 Å². The average molecular weight is 490 g/mol. The van der Waals surface area contributed by atoms with E-state index in [4.69, 9.17) is 9.15 Å². The molecular formula is C22H21F3N6O4. The molecule has 0 saturated carbocycles. The van der Waals surface area contributed by atoms with E-state index in [1.165, 1.54) is 10.6 Å². The van der Waals surface area contributed by atoms with E-state index < -0.39 is 17.8 Å². The normalized spacial score (nSPS) is 15.2. The first kappa shape index (κ1) is 22.9. The van der Waals surface area contributed by atoms with Crippen molar-refractivity contribution in [3.8, 4) is 0 Å². The van der Waals surface area contributed by atoms with Crippen molar-refractivity contribution in [2.45, 2.75) is 32.0 Å². The zero-order chi connectivity index (χ0) is 24.6. The van der Waals surface area contributed by atoms with Crippen LogP contribution in [0.3, 0.4) is 0 Å². The van der Waals surface area contributed by atoms with Crippen molar-refractivity contribution < 1.29 is 27.1 Å². The number of para-hydroxylation sites is 2. The number of halogens is 3. The molecule has 184 valence electrons. The molecule has 35 heavy (non-hydrogen) atoms. The highest BCUT2D eigenvalue weighted by atomic mass is 19.4. The number of esters is 1. The van der Waals surface area contributed by atoms with Crippen molar-refractivity contribution in [1.29, 1.82) is 0 Å². The lowest BCUT2D eigenvalue weighted by Crippen LogP contribution is -2.37. The smallest absolute Gasteiger partial charge is 0.453 e. The summed E-state index contributed by atoms with van der Waals surface area (Å²) in [5, 5.41) is 10.7. The lowest BCUT2D eigenvalue weighted by atomic mass is 9.97. The molecule has 13 heteroatoms. The molecule has 0 radical (unpaired) electrons. The van der Waals surface area contributed by atoms with Crippen LogP contribution in [-0.4, -0.2) is 50.0 Å². The molecule has 0 N–H and O–H groups in total. The second-order valence-corrected chi connectivity index (χ2v) is 8.25. The number of benzene rings is 1. The zero-order valence-electron chi connectivity index (χ0n) is 18.4. The minimum Gasteiger partial charge on any atom is -0.465 e. The molecule has 5 rings (SSSR count). The largest absolute Gasteiger partial charge is 0.465 e. The van der Waals surface area contributed by atoms with E-state index in [0.29, 0.717) is 60.3 Å². The second-order valence-electron chi connectivity index (χ2n) is 8.25. The van der Waals surface area contributed by atoms with Crippen LogP contribution in [0.1, 0.15) is 25.1 Å². The molecule has 4 heterocycles. The fourth-order valence-corrected chi connectivity index (χ4v) is 4.21. The van der Waals surface area contributed by atoms with Crippen LogP contribution in [-0.2, 0) is 22.3 Å². The Morgan fingerprint density at radius 3 is 2.66 bits per heavy atom. The molecular weight excluding hydrogens is 469 g/mol. The molecule has 1 saturated heterocycles. The van der Waals surface area contributed by atoms with E-state index in [-0.39, 0.29) is 24.1 Å². The van der Waals surface area contributed by atoms with Gasteiger partial charge in [0.15, 0.2) is 11.2 Å². The first-order chi connectivity index (χ1) is 16.8. The topological polar surface area (TPSA) is 108 Å². The standard InChI is InChI=1S/C22H21F3N6O4/c23-22(24,25)20-27-26-17-6-7-18(28-31(17)20)29-11-8-14(9-12-29)19(32)34-13-3-10-30-15-4-1-2-5-16(15)35-21(30)33/h1-2,4-7,14H,3,8-13H2. The number of fused-ring (bicyclic) bond motifs is 2. The van der Waals surface area contributed by atoms with E-state index >= 15 is 0 Å². The van der Waals surface area contributed by atoms with Gasteiger partial charge in [-0.25, -0.2) is 4.79 Å². The summed E-state index contributed by atoms with van der Waals surface area (Å²) in [5.41, 5.74) is 1.20. The van der Waals surface area contributed by atoms with E-state index in [9.17, 15) is 22.8 Å². The Morgan fingerprint density at radius 2 is 1.89 bits per heavy atom. The van der Waals surface area contributed by atoms with Gasteiger partial charge in [-0.15, -0.1) is 15.3 Å². The molecule has 1 aromatic carbocycles. The number of ether oxygens (including phenoxy) is 1. The highest BCUT2D eigenvalue weighted by molar-refractivity contribution is 5.73. The van der Waals surface area contributed by atoms with Crippen LogP contribution in [0, 0.1) is 5.92 Å². The number of aromatic nitrogens is 5. The zero-order valence-corrected chi connectivity index (χ0v) is 18.4. The minimum absolute atomic E-state index is 0.00483. The van der Waals surface area contributed by atoms with Crippen molar-refractivity contribution >= 4 is 28.5 Å². The number of carbonyl (C=O) groups is 1. The maximum absolute atomic E-state index is 13.1. The van der Waals surface area contributed by atoms with Crippen molar-refractivity contribution in [1.82, 2.24) is 24.4 Å².